The number of hydrogen-bond acceptors (Lipinski definition) is 6. The lowest BCUT2D eigenvalue weighted by Crippen LogP contribution is -2.63. The zero-order valence-corrected chi connectivity index (χ0v) is 12.1. The van der Waals surface area contributed by atoms with Gasteiger partial charge in [-0.25, -0.2) is 4.98 Å². The second-order valence-electron chi connectivity index (χ2n) is 5.37. The van der Waals surface area contributed by atoms with Crippen LogP contribution in [0.1, 0.15) is 12.8 Å². The minimum absolute atomic E-state index is 0.0766. The van der Waals surface area contributed by atoms with Gasteiger partial charge in [-0.15, -0.1) is 11.3 Å². The highest BCUT2D eigenvalue weighted by Gasteiger charge is 2.39. The van der Waals surface area contributed by atoms with Crippen molar-refractivity contribution in [3.8, 4) is 0 Å². The first-order valence-corrected chi connectivity index (χ1v) is 7.89. The van der Waals surface area contributed by atoms with Crippen molar-refractivity contribution in [2.24, 2.45) is 5.73 Å². The lowest BCUT2D eigenvalue weighted by molar-refractivity contribution is -0.0468. The fourth-order valence-electron chi connectivity index (χ4n) is 3.12. The first kappa shape index (κ1) is 13.3. The van der Waals surface area contributed by atoms with Gasteiger partial charge in [-0.05, 0) is 12.8 Å². The van der Waals surface area contributed by atoms with Crippen molar-refractivity contribution in [1.82, 2.24) is 9.88 Å². The Morgan fingerprint density at radius 3 is 2.79 bits per heavy atom. The van der Waals surface area contributed by atoms with Crippen LogP contribution in [0.3, 0.4) is 0 Å². The molecule has 0 radical (unpaired) electrons. The van der Waals surface area contributed by atoms with Crippen LogP contribution in [0.25, 0.3) is 0 Å². The Morgan fingerprint density at radius 1 is 1.37 bits per heavy atom. The number of rotatable bonds is 3. The molecule has 2 aliphatic heterocycles. The summed E-state index contributed by atoms with van der Waals surface area (Å²) >= 11 is 1.72. The van der Waals surface area contributed by atoms with Gasteiger partial charge in [-0.1, -0.05) is 0 Å². The van der Waals surface area contributed by atoms with E-state index < -0.39 is 0 Å². The molecule has 1 atom stereocenters. The molecule has 0 aromatic carbocycles. The van der Waals surface area contributed by atoms with Crippen molar-refractivity contribution < 1.29 is 4.74 Å². The second kappa shape index (κ2) is 5.75. The Hall–Kier alpha value is -0.690. The Kier molecular flexibility index (Phi) is 4.02. The Bertz CT molecular complexity index is 383. The van der Waals surface area contributed by atoms with E-state index >= 15 is 0 Å². The molecular formula is C13H22N4OS. The fourth-order valence-corrected chi connectivity index (χ4v) is 3.82. The zero-order chi connectivity index (χ0) is 13.1. The fraction of sp³-hybridized carbons (Fsp3) is 0.769. The molecule has 1 aromatic heterocycles. The number of nitrogens with two attached hydrogens (primary N) is 1. The number of aromatic nitrogens is 1. The smallest absolute Gasteiger partial charge is 0.185 e. The van der Waals surface area contributed by atoms with E-state index in [0.717, 1.165) is 50.9 Å². The summed E-state index contributed by atoms with van der Waals surface area (Å²) < 4.78 is 5.68. The summed E-state index contributed by atoms with van der Waals surface area (Å²) in [4.78, 5) is 9.30. The molecule has 6 heteroatoms. The molecular weight excluding hydrogens is 260 g/mol. The number of piperazine rings is 1. The molecule has 1 aromatic rings. The topological polar surface area (TPSA) is 54.6 Å². The summed E-state index contributed by atoms with van der Waals surface area (Å²) in [7, 11) is 0. The number of nitrogens with zero attached hydrogens (tertiary/aromatic N) is 3. The minimum atomic E-state index is 0.0766. The van der Waals surface area contributed by atoms with Gasteiger partial charge in [0.2, 0.25) is 0 Å². The molecule has 1 unspecified atom stereocenters. The molecule has 2 N–H and O–H groups in total. The number of thiazole rings is 1. The molecule has 0 bridgehead atoms. The summed E-state index contributed by atoms with van der Waals surface area (Å²) in [6, 6.07) is 0. The largest absolute Gasteiger partial charge is 0.379 e. The summed E-state index contributed by atoms with van der Waals surface area (Å²) in [5, 5.41) is 3.18. The van der Waals surface area contributed by atoms with Crippen LogP contribution in [0.4, 0.5) is 5.13 Å². The number of hydrogen-bond donors (Lipinski definition) is 1. The van der Waals surface area contributed by atoms with Gasteiger partial charge < -0.3 is 15.4 Å². The summed E-state index contributed by atoms with van der Waals surface area (Å²) in [5.41, 5.74) is 6.13. The van der Waals surface area contributed by atoms with Crippen molar-refractivity contribution in [2.45, 2.75) is 18.4 Å². The normalized spacial score (nSPS) is 29.6. The van der Waals surface area contributed by atoms with E-state index in [9.17, 15) is 0 Å². The summed E-state index contributed by atoms with van der Waals surface area (Å²) in [6.07, 6.45) is 4.17. The molecule has 0 spiro atoms. The molecule has 5 nitrogen and oxygen atoms in total. The van der Waals surface area contributed by atoms with Crippen molar-refractivity contribution in [3.05, 3.63) is 11.6 Å². The third kappa shape index (κ3) is 2.63. The van der Waals surface area contributed by atoms with Crippen LogP contribution in [-0.4, -0.2) is 61.4 Å². The number of anilines is 1. The van der Waals surface area contributed by atoms with E-state index in [1.54, 1.807) is 11.3 Å². The van der Waals surface area contributed by atoms with Crippen LogP contribution in [-0.2, 0) is 4.74 Å². The third-order valence-corrected chi connectivity index (χ3v) is 5.15. The Morgan fingerprint density at radius 2 is 2.21 bits per heavy atom. The SMILES string of the molecule is NCC1(N2CCN(c3nccs3)CC2)CCCOC1. The Labute approximate surface area is 118 Å². The lowest BCUT2D eigenvalue weighted by Gasteiger charge is -2.48. The summed E-state index contributed by atoms with van der Waals surface area (Å²) in [5.74, 6) is 0. The van der Waals surface area contributed by atoms with Crippen LogP contribution in [0, 0.1) is 0 Å². The van der Waals surface area contributed by atoms with Gasteiger partial charge in [0.1, 0.15) is 0 Å². The van der Waals surface area contributed by atoms with Crippen LogP contribution in [0.2, 0.25) is 0 Å². The van der Waals surface area contributed by atoms with Gasteiger partial charge in [-0.2, -0.15) is 0 Å². The molecule has 2 saturated heterocycles. The van der Waals surface area contributed by atoms with Gasteiger partial charge in [-0.3, -0.25) is 4.90 Å². The van der Waals surface area contributed by atoms with Gasteiger partial charge in [0, 0.05) is 50.9 Å². The molecule has 0 aliphatic carbocycles. The molecule has 2 aliphatic rings. The first-order valence-electron chi connectivity index (χ1n) is 7.01. The molecule has 3 rings (SSSR count). The molecule has 19 heavy (non-hydrogen) atoms. The molecule has 0 amide bonds. The van der Waals surface area contributed by atoms with Crippen LogP contribution in [0.5, 0.6) is 0 Å². The molecule has 106 valence electrons. The predicted octanol–water partition coefficient (Wildman–Crippen LogP) is 0.773. The van der Waals surface area contributed by atoms with Crippen LogP contribution in [0.15, 0.2) is 11.6 Å². The maximum absolute atomic E-state index is 6.05. The van der Waals surface area contributed by atoms with Gasteiger partial charge in [0.15, 0.2) is 5.13 Å². The zero-order valence-electron chi connectivity index (χ0n) is 11.3. The third-order valence-electron chi connectivity index (χ3n) is 4.32. The minimum Gasteiger partial charge on any atom is -0.379 e. The second-order valence-corrected chi connectivity index (χ2v) is 6.25. The van der Waals surface area contributed by atoms with Crippen LogP contribution >= 0.6 is 11.3 Å². The highest BCUT2D eigenvalue weighted by atomic mass is 32.1. The van der Waals surface area contributed by atoms with E-state index in [2.05, 4.69) is 14.8 Å². The summed E-state index contributed by atoms with van der Waals surface area (Å²) in [6.45, 7) is 6.57. The molecule has 3 heterocycles. The van der Waals surface area contributed by atoms with E-state index in [0.29, 0.717) is 6.54 Å². The lowest BCUT2D eigenvalue weighted by atomic mass is 9.89. The maximum atomic E-state index is 6.05. The van der Waals surface area contributed by atoms with E-state index in [1.165, 1.54) is 6.42 Å². The van der Waals surface area contributed by atoms with Crippen LogP contribution < -0.4 is 10.6 Å². The molecule has 2 fully saturated rings. The standard InChI is InChI=1S/C13H22N4OS/c14-10-13(2-1-8-18-11-13)17-6-4-16(5-7-17)12-15-3-9-19-12/h3,9H,1-2,4-8,10-11,14H2. The molecule has 0 saturated carbocycles. The van der Waals surface area contributed by atoms with Gasteiger partial charge >= 0.3 is 0 Å². The van der Waals surface area contributed by atoms with E-state index in [1.807, 2.05) is 11.6 Å². The van der Waals surface area contributed by atoms with E-state index in [-0.39, 0.29) is 5.54 Å². The van der Waals surface area contributed by atoms with Crippen molar-refractivity contribution in [3.63, 3.8) is 0 Å². The predicted molar refractivity (Wildman–Crippen MR) is 77.7 cm³/mol. The highest BCUT2D eigenvalue weighted by Crippen LogP contribution is 2.28. The van der Waals surface area contributed by atoms with Crippen molar-refractivity contribution in [2.75, 3.05) is 50.8 Å². The van der Waals surface area contributed by atoms with Gasteiger partial charge in [0.05, 0.1) is 12.1 Å². The monoisotopic (exact) mass is 282 g/mol. The first-order chi connectivity index (χ1) is 9.34. The maximum Gasteiger partial charge on any atom is 0.185 e. The number of ether oxygens (including phenoxy) is 1. The average Bonchev–Trinajstić information content (AvgIpc) is 3.02. The van der Waals surface area contributed by atoms with E-state index in [4.69, 9.17) is 10.5 Å². The highest BCUT2D eigenvalue weighted by molar-refractivity contribution is 7.13. The quantitative estimate of drug-likeness (QED) is 0.887. The van der Waals surface area contributed by atoms with Crippen molar-refractivity contribution in [1.29, 1.82) is 0 Å². The Balaban J connectivity index is 1.62. The van der Waals surface area contributed by atoms with Crippen molar-refractivity contribution >= 4 is 16.5 Å². The van der Waals surface area contributed by atoms with Gasteiger partial charge in [0.25, 0.3) is 0 Å². The average molecular weight is 282 g/mol.